The number of rotatable bonds is 4. The number of ether oxygens (including phenoxy) is 1. The van der Waals surface area contributed by atoms with Crippen molar-refractivity contribution in [3.05, 3.63) is 29.3 Å². The number of alkyl carbamates (subject to hydrolysis) is 1. The average Bonchev–Trinajstić information content (AvgIpc) is 2.42. The third kappa shape index (κ3) is 5.24. The van der Waals surface area contributed by atoms with Gasteiger partial charge in [-0.3, -0.25) is 0 Å². The highest BCUT2D eigenvalue weighted by molar-refractivity contribution is 5.67. The number of nitriles is 1. The summed E-state index contributed by atoms with van der Waals surface area (Å²) in [4.78, 5) is 11.5. The number of aliphatic hydroxyl groups excluding tert-OH is 2. The largest absolute Gasteiger partial charge is 0.508 e. The zero-order valence-electron chi connectivity index (χ0n) is 12.7. The number of nitrogens with one attached hydrogen (secondary N) is 1. The van der Waals surface area contributed by atoms with Crippen LogP contribution in [0.2, 0.25) is 0 Å². The number of amides is 1. The number of carbonyl (C=O) groups is 1. The van der Waals surface area contributed by atoms with E-state index in [-0.39, 0.29) is 23.4 Å². The highest BCUT2D eigenvalue weighted by Crippen LogP contribution is 2.27. The smallest absolute Gasteiger partial charge is 0.407 e. The molecule has 2 atom stereocenters. The van der Waals surface area contributed by atoms with Crippen LogP contribution in [-0.4, -0.2) is 39.7 Å². The maximum atomic E-state index is 11.5. The van der Waals surface area contributed by atoms with Gasteiger partial charge < -0.3 is 25.4 Å². The second kappa shape index (κ2) is 7.11. The van der Waals surface area contributed by atoms with Crippen LogP contribution in [0.5, 0.6) is 5.75 Å². The topological polar surface area (TPSA) is 123 Å². The van der Waals surface area contributed by atoms with Gasteiger partial charge >= 0.3 is 6.09 Å². The van der Waals surface area contributed by atoms with E-state index in [2.05, 4.69) is 5.32 Å². The molecule has 1 aromatic carbocycles. The Morgan fingerprint density at radius 2 is 2.05 bits per heavy atom. The van der Waals surface area contributed by atoms with Crippen LogP contribution in [0.4, 0.5) is 4.79 Å². The fraction of sp³-hybridized carbons (Fsp3) is 0.467. The number of aromatic hydroxyl groups is 1. The van der Waals surface area contributed by atoms with Crippen LogP contribution in [0.15, 0.2) is 18.2 Å². The van der Waals surface area contributed by atoms with Gasteiger partial charge in [0.15, 0.2) is 0 Å². The molecule has 2 unspecified atom stereocenters. The lowest BCUT2D eigenvalue weighted by molar-refractivity contribution is 0.0119. The van der Waals surface area contributed by atoms with E-state index in [9.17, 15) is 20.1 Å². The van der Waals surface area contributed by atoms with E-state index in [4.69, 9.17) is 10.00 Å². The molecule has 7 heteroatoms. The first-order valence-electron chi connectivity index (χ1n) is 6.70. The number of carbonyl (C=O) groups excluding carboxylic acids is 1. The van der Waals surface area contributed by atoms with Gasteiger partial charge in [-0.1, -0.05) is 0 Å². The molecule has 0 aromatic heterocycles. The minimum Gasteiger partial charge on any atom is -0.508 e. The molecule has 0 spiro atoms. The van der Waals surface area contributed by atoms with Gasteiger partial charge in [-0.15, -0.1) is 0 Å². The van der Waals surface area contributed by atoms with Crippen molar-refractivity contribution in [2.24, 2.45) is 0 Å². The summed E-state index contributed by atoms with van der Waals surface area (Å²) in [6.45, 7) is 4.82. The van der Waals surface area contributed by atoms with Crippen molar-refractivity contribution in [1.29, 1.82) is 5.26 Å². The first-order valence-corrected chi connectivity index (χ1v) is 6.70. The predicted octanol–water partition coefficient (Wildman–Crippen LogP) is 1.18. The van der Waals surface area contributed by atoms with E-state index in [0.717, 1.165) is 0 Å². The number of aliphatic hydroxyl groups is 2. The summed E-state index contributed by atoms with van der Waals surface area (Å²) in [5.41, 5.74) is -0.427. The van der Waals surface area contributed by atoms with E-state index in [1.54, 1.807) is 20.8 Å². The number of phenols is 1. The molecule has 1 amide bonds. The summed E-state index contributed by atoms with van der Waals surface area (Å²) in [5, 5.41) is 40.7. The Morgan fingerprint density at radius 1 is 1.41 bits per heavy atom. The SMILES string of the molecule is CC(C)(C)OC(=O)NCC(O)C(O)c1cc(C#N)ccc1O. The minimum atomic E-state index is -1.46. The molecule has 0 aliphatic carbocycles. The molecule has 7 nitrogen and oxygen atoms in total. The quantitative estimate of drug-likeness (QED) is 0.662. The maximum absolute atomic E-state index is 11.5. The number of hydrogen-bond acceptors (Lipinski definition) is 6. The lowest BCUT2D eigenvalue weighted by atomic mass is 10.0. The van der Waals surface area contributed by atoms with E-state index < -0.39 is 23.9 Å². The lowest BCUT2D eigenvalue weighted by Gasteiger charge is -2.22. The van der Waals surface area contributed by atoms with E-state index in [1.165, 1.54) is 18.2 Å². The normalized spacial score (nSPS) is 13.8. The average molecular weight is 308 g/mol. The van der Waals surface area contributed by atoms with Crippen LogP contribution < -0.4 is 5.32 Å². The predicted molar refractivity (Wildman–Crippen MR) is 78.0 cm³/mol. The molecule has 22 heavy (non-hydrogen) atoms. The summed E-state index contributed by atoms with van der Waals surface area (Å²) in [6.07, 6.45) is -3.55. The Bertz CT molecular complexity index is 574. The molecule has 1 rings (SSSR count). The molecular weight excluding hydrogens is 288 g/mol. The van der Waals surface area contributed by atoms with Gasteiger partial charge in [0, 0.05) is 12.1 Å². The minimum absolute atomic E-state index is 0.0116. The van der Waals surface area contributed by atoms with Gasteiger partial charge in [-0.05, 0) is 39.0 Å². The highest BCUT2D eigenvalue weighted by Gasteiger charge is 2.23. The van der Waals surface area contributed by atoms with Crippen molar-refractivity contribution in [1.82, 2.24) is 5.32 Å². The number of nitrogens with zero attached hydrogens (tertiary/aromatic N) is 1. The summed E-state index contributed by atoms with van der Waals surface area (Å²) in [6, 6.07) is 5.79. The molecule has 1 aromatic rings. The van der Waals surface area contributed by atoms with Gasteiger partial charge in [0.05, 0.1) is 11.6 Å². The molecule has 0 saturated carbocycles. The number of hydrogen-bond donors (Lipinski definition) is 4. The zero-order chi connectivity index (χ0) is 16.9. The summed E-state index contributed by atoms with van der Waals surface area (Å²) in [5.74, 6) is -0.247. The maximum Gasteiger partial charge on any atom is 0.407 e. The molecule has 0 bridgehead atoms. The van der Waals surface area contributed by atoms with Crippen molar-refractivity contribution >= 4 is 6.09 Å². The van der Waals surface area contributed by atoms with Crippen LogP contribution in [0, 0.1) is 11.3 Å². The fourth-order valence-corrected chi connectivity index (χ4v) is 1.68. The van der Waals surface area contributed by atoms with Gasteiger partial charge in [0.2, 0.25) is 0 Å². The third-order valence-electron chi connectivity index (χ3n) is 2.69. The molecule has 4 N–H and O–H groups in total. The summed E-state index contributed by atoms with van der Waals surface area (Å²) in [7, 11) is 0. The number of phenolic OH excluding ortho intramolecular Hbond substituents is 1. The van der Waals surface area contributed by atoms with Crippen LogP contribution >= 0.6 is 0 Å². The van der Waals surface area contributed by atoms with Crippen molar-refractivity contribution in [3.8, 4) is 11.8 Å². The van der Waals surface area contributed by atoms with Crippen LogP contribution in [0.3, 0.4) is 0 Å². The molecular formula is C15H20N2O5. The Labute approximate surface area is 128 Å². The van der Waals surface area contributed by atoms with Crippen LogP contribution in [0.1, 0.15) is 38.0 Å². The second-order valence-electron chi connectivity index (χ2n) is 5.78. The van der Waals surface area contributed by atoms with E-state index >= 15 is 0 Å². The molecule has 120 valence electrons. The lowest BCUT2D eigenvalue weighted by Crippen LogP contribution is -2.38. The molecule has 0 heterocycles. The first-order chi connectivity index (χ1) is 10.1. The van der Waals surface area contributed by atoms with Gasteiger partial charge in [0.25, 0.3) is 0 Å². The highest BCUT2D eigenvalue weighted by atomic mass is 16.6. The molecule has 0 radical (unpaired) electrons. The number of benzene rings is 1. The Hall–Kier alpha value is -2.30. The molecule has 0 saturated heterocycles. The third-order valence-corrected chi connectivity index (χ3v) is 2.69. The van der Waals surface area contributed by atoms with Gasteiger partial charge in [-0.2, -0.15) is 5.26 Å². The Balaban J connectivity index is 2.68. The monoisotopic (exact) mass is 308 g/mol. The van der Waals surface area contributed by atoms with Crippen LogP contribution in [0.25, 0.3) is 0 Å². The van der Waals surface area contributed by atoms with Crippen molar-refractivity contribution in [2.75, 3.05) is 6.54 Å². The van der Waals surface area contributed by atoms with E-state index in [0.29, 0.717) is 0 Å². The van der Waals surface area contributed by atoms with Gasteiger partial charge in [-0.25, -0.2) is 4.79 Å². The zero-order valence-corrected chi connectivity index (χ0v) is 12.7. The fourth-order valence-electron chi connectivity index (χ4n) is 1.68. The van der Waals surface area contributed by atoms with Gasteiger partial charge in [0.1, 0.15) is 23.6 Å². The van der Waals surface area contributed by atoms with E-state index in [1.807, 2.05) is 6.07 Å². The standard InChI is InChI=1S/C15H20N2O5/c1-15(2,3)22-14(21)17-8-12(19)13(20)10-6-9(7-16)4-5-11(10)18/h4-6,12-13,18-20H,8H2,1-3H3,(H,17,21). The Morgan fingerprint density at radius 3 is 2.59 bits per heavy atom. The van der Waals surface area contributed by atoms with Crippen molar-refractivity contribution in [3.63, 3.8) is 0 Å². The second-order valence-corrected chi connectivity index (χ2v) is 5.78. The van der Waals surface area contributed by atoms with Crippen LogP contribution in [-0.2, 0) is 4.74 Å². The molecule has 0 aliphatic heterocycles. The van der Waals surface area contributed by atoms with Crippen molar-refractivity contribution < 1.29 is 24.9 Å². The summed E-state index contributed by atoms with van der Waals surface area (Å²) >= 11 is 0. The summed E-state index contributed by atoms with van der Waals surface area (Å²) < 4.78 is 5.00. The Kier molecular flexibility index (Phi) is 5.74. The molecule has 0 aliphatic rings. The first kappa shape index (κ1) is 17.8. The molecule has 0 fully saturated rings. The van der Waals surface area contributed by atoms with Crippen molar-refractivity contribution in [2.45, 2.75) is 38.6 Å².